The smallest absolute Gasteiger partial charge is 0.199 e. The van der Waals surface area contributed by atoms with Gasteiger partial charge in [-0.05, 0) is 48.2 Å². The minimum absolute atomic E-state index is 0.631. The van der Waals surface area contributed by atoms with E-state index < -0.39 is 0 Å². The molecule has 2 aromatic carbocycles. The predicted molar refractivity (Wildman–Crippen MR) is 83.6 cm³/mol. The maximum atomic E-state index is 5.35. The number of H-pyrrole nitrogens is 1. The van der Waals surface area contributed by atoms with Crippen molar-refractivity contribution in [1.82, 2.24) is 14.8 Å². The molecular formula is C16H13N3S. The normalized spacial score (nSPS) is 13.6. The van der Waals surface area contributed by atoms with Gasteiger partial charge in [0.25, 0.3) is 0 Å². The zero-order valence-electron chi connectivity index (χ0n) is 11.1. The molecule has 0 aliphatic heterocycles. The zero-order valence-corrected chi connectivity index (χ0v) is 11.9. The largest absolute Gasteiger partial charge is 0.272 e. The van der Waals surface area contributed by atoms with Gasteiger partial charge in [0, 0.05) is 5.39 Å². The lowest BCUT2D eigenvalue weighted by Crippen LogP contribution is -1.99. The molecule has 0 amide bonds. The lowest BCUT2D eigenvalue weighted by atomic mass is 10.0. The summed E-state index contributed by atoms with van der Waals surface area (Å²) in [6.45, 7) is 1.96. The van der Waals surface area contributed by atoms with E-state index in [-0.39, 0.29) is 0 Å². The van der Waals surface area contributed by atoms with Crippen LogP contribution >= 0.6 is 12.2 Å². The number of aromatic amines is 1. The van der Waals surface area contributed by atoms with Crippen molar-refractivity contribution < 1.29 is 0 Å². The van der Waals surface area contributed by atoms with Crippen LogP contribution in [0.15, 0.2) is 42.5 Å². The Labute approximate surface area is 121 Å². The van der Waals surface area contributed by atoms with Gasteiger partial charge in [0.2, 0.25) is 0 Å². The molecule has 1 N–H and O–H groups in total. The molecule has 3 nitrogen and oxygen atoms in total. The summed E-state index contributed by atoms with van der Waals surface area (Å²) in [6.07, 6.45) is 3.36. The Balaban J connectivity index is 2.09. The topological polar surface area (TPSA) is 33.6 Å². The molecule has 4 heteroatoms. The molecular weight excluding hydrogens is 266 g/mol. The van der Waals surface area contributed by atoms with Crippen molar-refractivity contribution in [1.29, 1.82) is 0 Å². The first kappa shape index (κ1) is 11.6. The Bertz CT molecular complexity index is 915. The van der Waals surface area contributed by atoms with Gasteiger partial charge in [-0.15, -0.1) is 0 Å². The van der Waals surface area contributed by atoms with Crippen molar-refractivity contribution in [2.75, 3.05) is 0 Å². The van der Waals surface area contributed by atoms with Gasteiger partial charge >= 0.3 is 0 Å². The van der Waals surface area contributed by atoms with E-state index in [1.54, 1.807) is 0 Å². The Morgan fingerprint density at radius 3 is 2.55 bits per heavy atom. The first-order chi connectivity index (χ1) is 9.75. The van der Waals surface area contributed by atoms with E-state index in [1.165, 1.54) is 21.9 Å². The number of nitrogens with zero attached hydrogens (tertiary/aromatic N) is 2. The van der Waals surface area contributed by atoms with Gasteiger partial charge < -0.3 is 0 Å². The molecule has 0 atom stereocenters. The minimum Gasteiger partial charge on any atom is -0.272 e. The highest BCUT2D eigenvalue weighted by molar-refractivity contribution is 7.71. The SMILES string of the molecule is Cc1n[nH]c(=S)n1-c1ccc(C2=CC2)c2ccccc12. The van der Waals surface area contributed by atoms with Crippen LogP contribution in [0.4, 0.5) is 0 Å². The highest BCUT2D eigenvalue weighted by atomic mass is 32.1. The fraction of sp³-hybridized carbons (Fsp3) is 0.125. The molecule has 0 radical (unpaired) electrons. The summed E-state index contributed by atoms with van der Waals surface area (Å²) in [6, 6.07) is 12.8. The molecule has 0 saturated heterocycles. The number of hydrogen-bond donors (Lipinski definition) is 1. The second-order valence-electron chi connectivity index (χ2n) is 5.02. The third kappa shape index (κ3) is 1.65. The number of allylic oxidation sites excluding steroid dienone is 2. The van der Waals surface area contributed by atoms with E-state index in [9.17, 15) is 0 Å². The van der Waals surface area contributed by atoms with Crippen LogP contribution in [-0.4, -0.2) is 14.8 Å². The van der Waals surface area contributed by atoms with Crippen LogP contribution in [0.2, 0.25) is 0 Å². The van der Waals surface area contributed by atoms with E-state index in [0.29, 0.717) is 4.77 Å². The molecule has 98 valence electrons. The fourth-order valence-corrected chi connectivity index (χ4v) is 2.96. The minimum atomic E-state index is 0.631. The van der Waals surface area contributed by atoms with Gasteiger partial charge in [0.15, 0.2) is 4.77 Å². The number of fused-ring (bicyclic) bond motifs is 1. The van der Waals surface area contributed by atoms with Crippen LogP contribution in [0.25, 0.3) is 22.0 Å². The molecule has 1 aliphatic carbocycles. The Kier molecular flexibility index (Phi) is 2.41. The van der Waals surface area contributed by atoms with Crippen LogP contribution in [-0.2, 0) is 0 Å². The third-order valence-electron chi connectivity index (χ3n) is 3.74. The van der Waals surface area contributed by atoms with Gasteiger partial charge in [-0.2, -0.15) is 5.10 Å². The first-order valence-electron chi connectivity index (χ1n) is 6.61. The molecule has 0 saturated carbocycles. The van der Waals surface area contributed by atoms with E-state index in [0.717, 1.165) is 17.9 Å². The van der Waals surface area contributed by atoms with Gasteiger partial charge in [-0.25, -0.2) is 0 Å². The number of benzene rings is 2. The van der Waals surface area contributed by atoms with E-state index in [2.05, 4.69) is 52.7 Å². The van der Waals surface area contributed by atoms with Crippen LogP contribution in [0.5, 0.6) is 0 Å². The molecule has 1 aromatic heterocycles. The van der Waals surface area contributed by atoms with Crippen molar-refractivity contribution in [3.05, 3.63) is 58.6 Å². The summed E-state index contributed by atoms with van der Waals surface area (Å²) in [4.78, 5) is 0. The Morgan fingerprint density at radius 2 is 1.90 bits per heavy atom. The predicted octanol–water partition coefficient (Wildman–Crippen LogP) is 4.18. The second kappa shape index (κ2) is 4.15. The number of aromatic nitrogens is 3. The third-order valence-corrected chi connectivity index (χ3v) is 4.01. The van der Waals surface area contributed by atoms with Gasteiger partial charge in [0.05, 0.1) is 5.69 Å². The van der Waals surface area contributed by atoms with E-state index >= 15 is 0 Å². The lowest BCUT2D eigenvalue weighted by Gasteiger charge is -2.11. The average Bonchev–Trinajstić information content (AvgIpc) is 3.25. The summed E-state index contributed by atoms with van der Waals surface area (Å²) < 4.78 is 2.62. The highest BCUT2D eigenvalue weighted by Crippen LogP contribution is 2.37. The average molecular weight is 279 g/mol. The molecule has 3 aromatic rings. The first-order valence-corrected chi connectivity index (χ1v) is 7.02. The van der Waals surface area contributed by atoms with Crippen LogP contribution < -0.4 is 0 Å². The molecule has 0 spiro atoms. The maximum absolute atomic E-state index is 5.35. The second-order valence-corrected chi connectivity index (χ2v) is 5.41. The summed E-state index contributed by atoms with van der Waals surface area (Å²) in [5, 5.41) is 9.54. The molecule has 1 aliphatic rings. The lowest BCUT2D eigenvalue weighted by molar-refractivity contribution is 0.970. The van der Waals surface area contributed by atoms with E-state index in [4.69, 9.17) is 12.2 Å². The summed E-state index contributed by atoms with van der Waals surface area (Å²) in [5.41, 5.74) is 3.85. The van der Waals surface area contributed by atoms with Crippen molar-refractivity contribution in [3.8, 4) is 5.69 Å². The van der Waals surface area contributed by atoms with Crippen molar-refractivity contribution in [3.63, 3.8) is 0 Å². The van der Waals surface area contributed by atoms with Crippen molar-refractivity contribution in [2.24, 2.45) is 0 Å². The summed E-state index contributed by atoms with van der Waals surface area (Å²) in [5.74, 6) is 0.874. The highest BCUT2D eigenvalue weighted by Gasteiger charge is 2.16. The standard InChI is InChI=1S/C16H13N3S/c1-10-17-18-16(20)19(10)15-9-8-12(11-6-7-11)13-4-2-3-5-14(13)15/h2-6,8-9H,7H2,1H3,(H,18,20). The van der Waals surface area contributed by atoms with Crippen molar-refractivity contribution >= 4 is 28.6 Å². The summed E-state index contributed by atoms with van der Waals surface area (Å²) in [7, 11) is 0. The molecule has 0 unspecified atom stereocenters. The van der Waals surface area contributed by atoms with Gasteiger partial charge in [-0.1, -0.05) is 36.4 Å². The van der Waals surface area contributed by atoms with Gasteiger partial charge in [0.1, 0.15) is 5.82 Å². The molecule has 0 bridgehead atoms. The van der Waals surface area contributed by atoms with Crippen LogP contribution in [0.1, 0.15) is 17.8 Å². The Morgan fingerprint density at radius 1 is 1.15 bits per heavy atom. The molecule has 1 heterocycles. The van der Waals surface area contributed by atoms with Gasteiger partial charge in [-0.3, -0.25) is 9.67 Å². The quantitative estimate of drug-likeness (QED) is 0.714. The number of nitrogens with one attached hydrogen (secondary N) is 1. The van der Waals surface area contributed by atoms with Crippen LogP contribution in [0.3, 0.4) is 0 Å². The number of rotatable bonds is 2. The maximum Gasteiger partial charge on any atom is 0.199 e. The molecule has 20 heavy (non-hydrogen) atoms. The fourth-order valence-electron chi connectivity index (χ4n) is 2.69. The van der Waals surface area contributed by atoms with E-state index in [1.807, 2.05) is 11.5 Å². The molecule has 4 rings (SSSR count). The Hall–Kier alpha value is -2.20. The summed E-state index contributed by atoms with van der Waals surface area (Å²) >= 11 is 5.35. The zero-order chi connectivity index (χ0) is 13.7. The number of aryl methyl sites for hydroxylation is 1. The monoisotopic (exact) mass is 279 g/mol. The number of hydrogen-bond acceptors (Lipinski definition) is 2. The molecule has 0 fully saturated rings. The van der Waals surface area contributed by atoms with Crippen LogP contribution in [0, 0.1) is 11.7 Å². The van der Waals surface area contributed by atoms with Crippen molar-refractivity contribution in [2.45, 2.75) is 13.3 Å².